The second-order valence-electron chi connectivity index (χ2n) is 3.58. The molecule has 88 valence electrons. The van der Waals surface area contributed by atoms with Gasteiger partial charge in [-0.15, -0.1) is 0 Å². The molecule has 16 heavy (non-hydrogen) atoms. The first-order valence-corrected chi connectivity index (χ1v) is 5.96. The van der Waals surface area contributed by atoms with Gasteiger partial charge in [-0.2, -0.15) is 8.42 Å². The zero-order valence-corrected chi connectivity index (χ0v) is 10.1. The molecule has 1 aromatic rings. The lowest BCUT2D eigenvalue weighted by Gasteiger charge is -2.10. The molecule has 1 aromatic carbocycles. The summed E-state index contributed by atoms with van der Waals surface area (Å²) >= 11 is 0. The molecule has 0 bridgehead atoms. The second-order valence-corrected chi connectivity index (χ2v) is 5.07. The van der Waals surface area contributed by atoms with E-state index in [0.29, 0.717) is 11.1 Å². The van der Waals surface area contributed by atoms with Crippen LogP contribution in [0.5, 0.6) is 0 Å². The number of nitrogens with two attached hydrogens (primary N) is 1. The van der Waals surface area contributed by atoms with E-state index in [1.807, 2.05) is 6.92 Å². The molecular weight excluding hydrogens is 230 g/mol. The molecule has 5 nitrogen and oxygen atoms in total. The topological polar surface area (TPSA) is 86.5 Å². The number of aryl methyl sites for hydroxylation is 3. The Hall–Kier alpha value is -1.56. The van der Waals surface area contributed by atoms with Crippen LogP contribution in [0.3, 0.4) is 0 Å². The number of benzene rings is 1. The van der Waals surface area contributed by atoms with E-state index in [9.17, 15) is 13.2 Å². The molecule has 0 aromatic heterocycles. The Balaban J connectivity index is 3.39. The van der Waals surface area contributed by atoms with Crippen LogP contribution in [0.15, 0.2) is 17.0 Å². The highest BCUT2D eigenvalue weighted by atomic mass is 32.2. The molecule has 0 spiro atoms. The SMILES string of the molecule is Cc1cc(C)c(S(=O)(=O)OC(N)=O)c(C)c1. The first kappa shape index (κ1) is 12.5. The van der Waals surface area contributed by atoms with E-state index in [1.165, 1.54) is 0 Å². The van der Waals surface area contributed by atoms with Gasteiger partial charge in [0.15, 0.2) is 0 Å². The van der Waals surface area contributed by atoms with E-state index >= 15 is 0 Å². The van der Waals surface area contributed by atoms with E-state index < -0.39 is 16.2 Å². The van der Waals surface area contributed by atoms with Crippen molar-refractivity contribution in [2.45, 2.75) is 25.7 Å². The largest absolute Gasteiger partial charge is 0.420 e. The monoisotopic (exact) mass is 243 g/mol. The normalized spacial score (nSPS) is 11.2. The smallest absolute Gasteiger partial charge is 0.334 e. The minimum absolute atomic E-state index is 0.00287. The molecule has 0 unspecified atom stereocenters. The van der Waals surface area contributed by atoms with Gasteiger partial charge in [-0.1, -0.05) is 17.7 Å². The molecule has 0 atom stereocenters. The van der Waals surface area contributed by atoms with Crippen LogP contribution in [0.4, 0.5) is 4.79 Å². The van der Waals surface area contributed by atoms with Gasteiger partial charge in [0.05, 0.1) is 0 Å². The summed E-state index contributed by atoms with van der Waals surface area (Å²) in [7, 11) is -4.11. The molecule has 0 aliphatic rings. The molecule has 0 heterocycles. The molecular formula is C10H13NO4S. The van der Waals surface area contributed by atoms with Gasteiger partial charge < -0.3 is 9.92 Å². The Labute approximate surface area is 94.3 Å². The Morgan fingerprint density at radius 3 is 2.00 bits per heavy atom. The summed E-state index contributed by atoms with van der Waals surface area (Å²) in [5.74, 6) is 0. The first-order valence-electron chi connectivity index (χ1n) is 4.56. The van der Waals surface area contributed by atoms with Gasteiger partial charge in [0.1, 0.15) is 4.90 Å². The predicted molar refractivity (Wildman–Crippen MR) is 58.5 cm³/mol. The highest BCUT2D eigenvalue weighted by Crippen LogP contribution is 2.23. The van der Waals surface area contributed by atoms with Crippen LogP contribution in [0, 0.1) is 20.8 Å². The average molecular weight is 243 g/mol. The fourth-order valence-corrected chi connectivity index (χ4v) is 2.92. The fourth-order valence-electron chi connectivity index (χ4n) is 1.71. The minimum Gasteiger partial charge on any atom is -0.334 e. The molecule has 0 saturated carbocycles. The van der Waals surface area contributed by atoms with Crippen LogP contribution in [-0.4, -0.2) is 14.5 Å². The number of amides is 1. The van der Waals surface area contributed by atoms with Crippen molar-refractivity contribution in [1.29, 1.82) is 0 Å². The summed E-state index contributed by atoms with van der Waals surface area (Å²) in [6.45, 7) is 5.12. The number of primary amides is 1. The molecule has 0 saturated heterocycles. The lowest BCUT2D eigenvalue weighted by molar-refractivity contribution is 0.212. The molecule has 0 aliphatic carbocycles. The van der Waals surface area contributed by atoms with Gasteiger partial charge in [-0.05, 0) is 31.9 Å². The van der Waals surface area contributed by atoms with Crippen molar-refractivity contribution in [3.63, 3.8) is 0 Å². The zero-order valence-electron chi connectivity index (χ0n) is 9.27. The van der Waals surface area contributed by atoms with E-state index in [1.54, 1.807) is 26.0 Å². The Morgan fingerprint density at radius 1 is 1.19 bits per heavy atom. The highest BCUT2D eigenvalue weighted by Gasteiger charge is 2.23. The maximum absolute atomic E-state index is 11.7. The Bertz CT molecular complexity index is 511. The molecule has 1 rings (SSSR count). The van der Waals surface area contributed by atoms with Crippen molar-refractivity contribution >= 4 is 16.2 Å². The molecule has 6 heteroatoms. The van der Waals surface area contributed by atoms with E-state index in [2.05, 4.69) is 4.18 Å². The maximum Gasteiger partial charge on any atom is 0.420 e. The van der Waals surface area contributed by atoms with E-state index in [-0.39, 0.29) is 4.90 Å². The van der Waals surface area contributed by atoms with Gasteiger partial charge in [0.2, 0.25) is 0 Å². The van der Waals surface area contributed by atoms with Crippen LogP contribution >= 0.6 is 0 Å². The predicted octanol–water partition coefficient (Wildman–Crippen LogP) is 1.40. The van der Waals surface area contributed by atoms with Crippen LogP contribution in [0.2, 0.25) is 0 Å². The van der Waals surface area contributed by atoms with Gasteiger partial charge in [0.25, 0.3) is 0 Å². The van der Waals surface area contributed by atoms with Gasteiger partial charge >= 0.3 is 16.2 Å². The lowest BCUT2D eigenvalue weighted by Crippen LogP contribution is -2.20. The van der Waals surface area contributed by atoms with Crippen LogP contribution in [0.25, 0.3) is 0 Å². The first-order chi connectivity index (χ1) is 7.24. The number of hydrogen-bond acceptors (Lipinski definition) is 4. The Kier molecular flexibility index (Phi) is 3.23. The number of hydrogen-bond donors (Lipinski definition) is 1. The summed E-state index contributed by atoms with van der Waals surface area (Å²) in [6.07, 6.45) is -1.33. The van der Waals surface area contributed by atoms with Crippen LogP contribution in [-0.2, 0) is 14.3 Å². The van der Waals surface area contributed by atoms with Gasteiger partial charge in [-0.3, -0.25) is 0 Å². The summed E-state index contributed by atoms with van der Waals surface area (Å²) in [5, 5.41) is 0. The standard InChI is InChI=1S/C10H13NO4S/c1-6-4-7(2)9(8(3)5-6)16(13,14)15-10(11)12/h4-5H,1-3H3,(H2,11,12). The summed E-state index contributed by atoms with van der Waals surface area (Å²) in [6, 6.07) is 3.40. The second kappa shape index (κ2) is 4.13. The third-order valence-corrected chi connectivity index (χ3v) is 3.57. The molecule has 1 amide bonds. The van der Waals surface area contributed by atoms with Crippen molar-refractivity contribution in [1.82, 2.24) is 0 Å². The quantitative estimate of drug-likeness (QED) is 0.795. The highest BCUT2D eigenvalue weighted by molar-refractivity contribution is 7.87. The summed E-state index contributed by atoms with van der Waals surface area (Å²) < 4.78 is 27.5. The molecule has 0 aliphatic heterocycles. The zero-order chi connectivity index (χ0) is 12.5. The number of carbonyl (C=O) groups excluding carboxylic acids is 1. The van der Waals surface area contributed by atoms with Crippen molar-refractivity contribution < 1.29 is 17.4 Å². The van der Waals surface area contributed by atoms with Gasteiger partial charge in [-0.25, -0.2) is 4.79 Å². The fraction of sp³-hybridized carbons (Fsp3) is 0.300. The van der Waals surface area contributed by atoms with Gasteiger partial charge in [0, 0.05) is 0 Å². The molecule has 2 N–H and O–H groups in total. The van der Waals surface area contributed by atoms with Crippen molar-refractivity contribution in [3.8, 4) is 0 Å². The molecule has 0 fully saturated rings. The maximum atomic E-state index is 11.7. The molecule has 0 radical (unpaired) electrons. The van der Waals surface area contributed by atoms with Crippen LogP contribution in [0.1, 0.15) is 16.7 Å². The van der Waals surface area contributed by atoms with Crippen molar-refractivity contribution in [2.75, 3.05) is 0 Å². The lowest BCUT2D eigenvalue weighted by atomic mass is 10.1. The average Bonchev–Trinajstić information content (AvgIpc) is 1.96. The van der Waals surface area contributed by atoms with E-state index in [4.69, 9.17) is 5.73 Å². The van der Waals surface area contributed by atoms with E-state index in [0.717, 1.165) is 5.56 Å². The summed E-state index contributed by atoms with van der Waals surface area (Å²) in [4.78, 5) is 10.5. The number of carbonyl (C=O) groups is 1. The third kappa shape index (κ3) is 2.52. The number of rotatable bonds is 2. The third-order valence-electron chi connectivity index (χ3n) is 2.05. The summed E-state index contributed by atoms with van der Waals surface area (Å²) in [5.41, 5.74) is 6.70. The van der Waals surface area contributed by atoms with Crippen molar-refractivity contribution in [3.05, 3.63) is 28.8 Å². The minimum atomic E-state index is -4.11. The van der Waals surface area contributed by atoms with Crippen LogP contribution < -0.4 is 5.73 Å². The Morgan fingerprint density at radius 2 is 1.62 bits per heavy atom. The van der Waals surface area contributed by atoms with Crippen molar-refractivity contribution in [2.24, 2.45) is 5.73 Å².